The maximum Gasteiger partial charge on any atom is 0.290 e. The van der Waals surface area contributed by atoms with E-state index >= 15 is 0 Å². The molecule has 144 valence electrons. The standard InChI is InChI=1S/C19H20F3N3OS/c20-15-6-4-14(5-7-15)13-24-9-2-10-25(12-11-24)18(26)16-3-1-8-23-17(16)27-19(21)22/h1,3-8,19H,2,9-13H2. The topological polar surface area (TPSA) is 36.4 Å². The fraction of sp³-hybridized carbons (Fsp3) is 0.368. The number of aromatic nitrogens is 1. The number of thioether (sulfide) groups is 1. The van der Waals surface area contributed by atoms with Gasteiger partial charge in [-0.05, 0) is 48.0 Å². The molecule has 1 fully saturated rings. The predicted octanol–water partition coefficient (Wildman–Crippen LogP) is 3.88. The minimum Gasteiger partial charge on any atom is -0.337 e. The molecule has 0 radical (unpaired) electrons. The molecule has 2 aromatic rings. The second kappa shape index (κ2) is 9.23. The van der Waals surface area contributed by atoms with Crippen molar-refractivity contribution in [2.24, 2.45) is 0 Å². The van der Waals surface area contributed by atoms with E-state index in [-0.39, 0.29) is 22.3 Å². The second-order valence-electron chi connectivity index (χ2n) is 6.28. The van der Waals surface area contributed by atoms with E-state index in [1.807, 2.05) is 0 Å². The van der Waals surface area contributed by atoms with Crippen LogP contribution in [-0.4, -0.2) is 52.6 Å². The predicted molar refractivity (Wildman–Crippen MR) is 98.3 cm³/mol. The Morgan fingerprint density at radius 3 is 2.63 bits per heavy atom. The fourth-order valence-electron chi connectivity index (χ4n) is 3.08. The highest BCUT2D eigenvalue weighted by atomic mass is 32.2. The quantitative estimate of drug-likeness (QED) is 0.720. The maximum atomic E-state index is 13.0. The number of benzene rings is 1. The van der Waals surface area contributed by atoms with E-state index in [1.54, 1.807) is 29.2 Å². The molecule has 0 atom stereocenters. The van der Waals surface area contributed by atoms with Crippen LogP contribution in [0, 0.1) is 5.82 Å². The minimum atomic E-state index is -2.62. The van der Waals surface area contributed by atoms with Crippen LogP contribution in [0.3, 0.4) is 0 Å². The summed E-state index contributed by atoms with van der Waals surface area (Å²) in [5.41, 5.74) is 1.23. The summed E-state index contributed by atoms with van der Waals surface area (Å²) >= 11 is 0.293. The number of alkyl halides is 2. The highest BCUT2D eigenvalue weighted by Gasteiger charge is 2.24. The van der Waals surface area contributed by atoms with Gasteiger partial charge in [0, 0.05) is 38.9 Å². The Hall–Kier alpha value is -2.06. The number of pyridine rings is 1. The van der Waals surface area contributed by atoms with Crippen molar-refractivity contribution in [3.63, 3.8) is 0 Å². The molecule has 0 bridgehead atoms. The third kappa shape index (κ3) is 5.46. The molecule has 27 heavy (non-hydrogen) atoms. The van der Waals surface area contributed by atoms with Crippen molar-refractivity contribution >= 4 is 17.7 Å². The van der Waals surface area contributed by atoms with Crippen molar-refractivity contribution in [3.05, 3.63) is 59.5 Å². The molecule has 0 N–H and O–H groups in total. The molecule has 2 heterocycles. The number of amides is 1. The van der Waals surface area contributed by atoms with Crippen LogP contribution >= 0.6 is 11.8 Å². The number of nitrogens with zero attached hydrogens (tertiary/aromatic N) is 3. The highest BCUT2D eigenvalue weighted by Crippen LogP contribution is 2.27. The molecular weight excluding hydrogens is 375 g/mol. The van der Waals surface area contributed by atoms with Crippen LogP contribution in [0.4, 0.5) is 13.2 Å². The Labute approximate surface area is 160 Å². The molecule has 1 aliphatic heterocycles. The second-order valence-corrected chi connectivity index (χ2v) is 7.26. The lowest BCUT2D eigenvalue weighted by Crippen LogP contribution is -2.35. The average molecular weight is 395 g/mol. The Balaban J connectivity index is 1.64. The highest BCUT2D eigenvalue weighted by molar-refractivity contribution is 7.99. The summed E-state index contributed by atoms with van der Waals surface area (Å²) in [6.45, 7) is 3.23. The van der Waals surface area contributed by atoms with Gasteiger partial charge in [-0.3, -0.25) is 9.69 Å². The number of carbonyl (C=O) groups excluding carboxylic acids is 1. The molecule has 0 saturated carbocycles. The molecule has 0 spiro atoms. The fourth-order valence-corrected chi connectivity index (χ4v) is 3.66. The smallest absolute Gasteiger partial charge is 0.290 e. The molecular formula is C19H20F3N3OS. The number of rotatable bonds is 5. The number of halogens is 3. The van der Waals surface area contributed by atoms with Gasteiger partial charge in [-0.15, -0.1) is 0 Å². The number of carbonyl (C=O) groups is 1. The lowest BCUT2D eigenvalue weighted by atomic mass is 10.2. The van der Waals surface area contributed by atoms with Gasteiger partial charge in [0.15, 0.2) is 0 Å². The van der Waals surface area contributed by atoms with Gasteiger partial charge in [0.25, 0.3) is 11.7 Å². The van der Waals surface area contributed by atoms with E-state index in [9.17, 15) is 18.0 Å². The van der Waals surface area contributed by atoms with E-state index in [4.69, 9.17) is 0 Å². The molecule has 0 aliphatic carbocycles. The molecule has 3 rings (SSSR count). The zero-order valence-corrected chi connectivity index (χ0v) is 15.5. The van der Waals surface area contributed by atoms with Crippen molar-refractivity contribution < 1.29 is 18.0 Å². The first-order chi connectivity index (χ1) is 13.0. The van der Waals surface area contributed by atoms with Gasteiger partial charge >= 0.3 is 0 Å². The molecule has 1 aromatic carbocycles. The van der Waals surface area contributed by atoms with Crippen molar-refractivity contribution in [1.82, 2.24) is 14.8 Å². The normalized spacial score (nSPS) is 15.8. The Morgan fingerprint density at radius 2 is 1.89 bits per heavy atom. The molecule has 0 unspecified atom stereocenters. The Kier molecular flexibility index (Phi) is 6.73. The molecule has 4 nitrogen and oxygen atoms in total. The van der Waals surface area contributed by atoms with Crippen molar-refractivity contribution in [2.45, 2.75) is 23.7 Å². The van der Waals surface area contributed by atoms with Gasteiger partial charge in [-0.25, -0.2) is 9.37 Å². The van der Waals surface area contributed by atoms with E-state index in [2.05, 4.69) is 9.88 Å². The number of hydrogen-bond acceptors (Lipinski definition) is 4. The van der Waals surface area contributed by atoms with Gasteiger partial charge in [0.1, 0.15) is 10.8 Å². The number of hydrogen-bond donors (Lipinski definition) is 0. The molecule has 8 heteroatoms. The average Bonchev–Trinajstić information content (AvgIpc) is 2.89. The summed E-state index contributed by atoms with van der Waals surface area (Å²) in [6.07, 6.45) is 2.19. The molecule has 1 amide bonds. The van der Waals surface area contributed by atoms with Crippen LogP contribution in [-0.2, 0) is 6.54 Å². The van der Waals surface area contributed by atoms with E-state index in [0.29, 0.717) is 37.9 Å². The first kappa shape index (κ1) is 19.7. The Morgan fingerprint density at radius 1 is 1.11 bits per heavy atom. The van der Waals surface area contributed by atoms with Crippen LogP contribution in [0.25, 0.3) is 0 Å². The van der Waals surface area contributed by atoms with Crippen molar-refractivity contribution in [3.8, 4) is 0 Å². The van der Waals surface area contributed by atoms with E-state index in [1.165, 1.54) is 18.3 Å². The summed E-state index contributed by atoms with van der Waals surface area (Å²) < 4.78 is 38.5. The van der Waals surface area contributed by atoms with Gasteiger partial charge in [-0.1, -0.05) is 12.1 Å². The first-order valence-corrected chi connectivity index (χ1v) is 9.57. The summed E-state index contributed by atoms with van der Waals surface area (Å²) in [7, 11) is 0. The molecule has 1 aliphatic rings. The summed E-state index contributed by atoms with van der Waals surface area (Å²) in [5, 5.41) is 0.0601. The SMILES string of the molecule is O=C(c1cccnc1SC(F)F)N1CCCN(Cc2ccc(F)cc2)CC1. The van der Waals surface area contributed by atoms with Crippen LogP contribution in [0.2, 0.25) is 0 Å². The zero-order valence-electron chi connectivity index (χ0n) is 14.7. The molecule has 1 saturated heterocycles. The summed E-state index contributed by atoms with van der Waals surface area (Å²) in [4.78, 5) is 20.7. The lowest BCUT2D eigenvalue weighted by molar-refractivity contribution is 0.0756. The van der Waals surface area contributed by atoms with Gasteiger partial charge in [0.05, 0.1) is 5.56 Å². The van der Waals surface area contributed by atoms with Crippen LogP contribution in [0.5, 0.6) is 0 Å². The van der Waals surface area contributed by atoms with Gasteiger partial charge in [-0.2, -0.15) is 8.78 Å². The summed E-state index contributed by atoms with van der Waals surface area (Å²) in [5.74, 6) is -3.16. The Bertz CT molecular complexity index is 773. The van der Waals surface area contributed by atoms with E-state index < -0.39 is 5.76 Å². The third-order valence-corrected chi connectivity index (χ3v) is 5.12. The summed E-state index contributed by atoms with van der Waals surface area (Å²) in [6, 6.07) is 9.52. The monoisotopic (exact) mass is 395 g/mol. The lowest BCUT2D eigenvalue weighted by Gasteiger charge is -2.22. The zero-order chi connectivity index (χ0) is 19.2. The van der Waals surface area contributed by atoms with Crippen LogP contribution in [0.15, 0.2) is 47.6 Å². The van der Waals surface area contributed by atoms with Crippen molar-refractivity contribution in [2.75, 3.05) is 26.2 Å². The van der Waals surface area contributed by atoms with E-state index in [0.717, 1.165) is 18.5 Å². The van der Waals surface area contributed by atoms with Gasteiger partial charge in [0.2, 0.25) is 0 Å². The van der Waals surface area contributed by atoms with Crippen molar-refractivity contribution in [1.29, 1.82) is 0 Å². The largest absolute Gasteiger partial charge is 0.337 e. The first-order valence-electron chi connectivity index (χ1n) is 8.69. The van der Waals surface area contributed by atoms with Gasteiger partial charge < -0.3 is 4.90 Å². The van der Waals surface area contributed by atoms with Crippen LogP contribution in [0.1, 0.15) is 22.3 Å². The third-order valence-electron chi connectivity index (χ3n) is 4.40. The minimum absolute atomic E-state index is 0.0601. The maximum absolute atomic E-state index is 13.0. The molecule has 1 aromatic heterocycles. The van der Waals surface area contributed by atoms with Crippen LogP contribution < -0.4 is 0 Å².